The van der Waals surface area contributed by atoms with Crippen molar-refractivity contribution in [2.45, 2.75) is 12.8 Å². The van der Waals surface area contributed by atoms with Gasteiger partial charge < -0.3 is 32.7 Å². The van der Waals surface area contributed by atoms with Crippen molar-refractivity contribution in [1.82, 2.24) is 24.8 Å². The molecular formula is C13H28ClN9. The third-order valence-electron chi connectivity index (χ3n) is 3.46. The van der Waals surface area contributed by atoms with Gasteiger partial charge in [-0.25, -0.2) is 0 Å². The van der Waals surface area contributed by atoms with Gasteiger partial charge in [-0.2, -0.15) is 15.0 Å². The van der Waals surface area contributed by atoms with Crippen molar-refractivity contribution in [2.24, 2.45) is 11.5 Å². The van der Waals surface area contributed by atoms with Gasteiger partial charge in [0.25, 0.3) is 0 Å². The fourth-order valence-electron chi connectivity index (χ4n) is 2.25. The van der Waals surface area contributed by atoms with Crippen molar-refractivity contribution in [3.8, 4) is 0 Å². The molecule has 0 bridgehead atoms. The molecule has 8 N–H and O–H groups in total. The van der Waals surface area contributed by atoms with E-state index >= 15 is 0 Å². The number of rotatable bonds is 6. The maximum Gasteiger partial charge on any atom is 0.228 e. The van der Waals surface area contributed by atoms with Crippen molar-refractivity contribution in [3.63, 3.8) is 0 Å². The highest BCUT2D eigenvalue weighted by Gasteiger charge is 2.15. The fourth-order valence-corrected chi connectivity index (χ4v) is 2.42. The number of anilines is 2. The van der Waals surface area contributed by atoms with E-state index in [1.165, 1.54) is 39.3 Å². The van der Waals surface area contributed by atoms with E-state index in [0.29, 0.717) is 0 Å². The topological polar surface area (TPSA) is 149 Å². The number of halogens is 1. The maximum absolute atomic E-state index is 5.49. The van der Waals surface area contributed by atoms with Gasteiger partial charge in [0.05, 0.1) is 0 Å². The van der Waals surface area contributed by atoms with Gasteiger partial charge in [-0.1, -0.05) is 0 Å². The molecule has 0 aromatic carbocycles. The summed E-state index contributed by atoms with van der Waals surface area (Å²) >= 11 is 5.33. The summed E-state index contributed by atoms with van der Waals surface area (Å²) in [6.45, 7) is 8.76. The number of aromatic nitrogens is 3. The largest absolute Gasteiger partial charge is 0.368 e. The number of nitrogens with two attached hydrogens (primary N) is 4. The lowest BCUT2D eigenvalue weighted by Gasteiger charge is -2.34. The quantitative estimate of drug-likeness (QED) is 0.508. The van der Waals surface area contributed by atoms with Crippen LogP contribution in [0.4, 0.5) is 11.9 Å². The molecule has 0 radical (unpaired) electrons. The molecule has 0 saturated carbocycles. The molecule has 0 aliphatic carbocycles. The molecule has 1 fully saturated rings. The minimum Gasteiger partial charge on any atom is -0.368 e. The molecule has 0 spiro atoms. The van der Waals surface area contributed by atoms with Crippen LogP contribution in [0.1, 0.15) is 12.8 Å². The lowest BCUT2D eigenvalue weighted by molar-refractivity contribution is 0.131. The average Bonchev–Trinajstić information content (AvgIpc) is 2.51. The molecule has 1 aliphatic rings. The summed E-state index contributed by atoms with van der Waals surface area (Å²) in [6.07, 6.45) is 2.26. The minimum atomic E-state index is 0.0139. The Morgan fingerprint density at radius 3 is 1.48 bits per heavy atom. The third kappa shape index (κ3) is 8.82. The zero-order valence-corrected chi connectivity index (χ0v) is 14.3. The van der Waals surface area contributed by atoms with Gasteiger partial charge in [-0.05, 0) is 50.6 Å². The number of nitrogens with zero attached hydrogens (tertiary/aromatic N) is 5. The summed E-state index contributed by atoms with van der Waals surface area (Å²) < 4.78 is 0. The zero-order valence-electron chi connectivity index (χ0n) is 13.5. The second-order valence-corrected chi connectivity index (χ2v) is 5.63. The van der Waals surface area contributed by atoms with Crippen LogP contribution in [0.2, 0.25) is 5.28 Å². The van der Waals surface area contributed by atoms with E-state index < -0.39 is 0 Å². The highest BCUT2D eigenvalue weighted by atomic mass is 35.5. The minimum absolute atomic E-state index is 0.0139. The predicted molar refractivity (Wildman–Crippen MR) is 93.9 cm³/mol. The summed E-state index contributed by atoms with van der Waals surface area (Å²) in [4.78, 5) is 15.4. The van der Waals surface area contributed by atoms with E-state index in [1.807, 2.05) is 0 Å². The van der Waals surface area contributed by atoms with Crippen LogP contribution in [0.25, 0.3) is 0 Å². The number of piperazine rings is 1. The summed E-state index contributed by atoms with van der Waals surface area (Å²) in [6, 6.07) is 0. The fraction of sp³-hybridized carbons (Fsp3) is 0.769. The van der Waals surface area contributed by atoms with Crippen LogP contribution in [0.15, 0.2) is 0 Å². The Morgan fingerprint density at radius 2 is 1.17 bits per heavy atom. The van der Waals surface area contributed by atoms with Crippen LogP contribution in [0, 0.1) is 0 Å². The lowest BCUT2D eigenvalue weighted by Crippen LogP contribution is -2.47. The second kappa shape index (κ2) is 11.3. The first-order chi connectivity index (χ1) is 11.0. The first-order valence-corrected chi connectivity index (χ1v) is 8.20. The molecule has 0 unspecified atom stereocenters. The Hall–Kier alpha value is -1.26. The van der Waals surface area contributed by atoms with Crippen LogP contribution in [0.3, 0.4) is 0 Å². The van der Waals surface area contributed by atoms with Gasteiger partial charge in [0.15, 0.2) is 0 Å². The van der Waals surface area contributed by atoms with Crippen LogP contribution in [-0.2, 0) is 0 Å². The van der Waals surface area contributed by atoms with Crippen LogP contribution in [0.5, 0.6) is 0 Å². The van der Waals surface area contributed by atoms with Crippen LogP contribution in [-0.4, -0.2) is 77.1 Å². The Kier molecular flexibility index (Phi) is 9.72. The van der Waals surface area contributed by atoms with Crippen LogP contribution >= 0.6 is 11.6 Å². The van der Waals surface area contributed by atoms with Gasteiger partial charge in [0, 0.05) is 26.2 Å². The Bertz CT molecular complexity index is 371. The molecule has 132 valence electrons. The van der Waals surface area contributed by atoms with Gasteiger partial charge in [0.2, 0.25) is 17.2 Å². The first kappa shape index (κ1) is 19.8. The molecule has 9 nitrogen and oxygen atoms in total. The van der Waals surface area contributed by atoms with Crippen molar-refractivity contribution >= 4 is 23.5 Å². The highest BCUT2D eigenvalue weighted by molar-refractivity contribution is 6.28. The Morgan fingerprint density at radius 1 is 0.783 bits per heavy atom. The zero-order chi connectivity index (χ0) is 17.1. The van der Waals surface area contributed by atoms with E-state index in [-0.39, 0.29) is 17.2 Å². The standard InChI is InChI=1S/C10H24N4.C3H4ClN5/c11-3-1-5-13-7-9-14(10-8-13)6-2-4-12;4-1-7-2(5)9-3(6)8-1/h1-12H2;(H4,5,6,7,8,9). The van der Waals surface area contributed by atoms with E-state index in [1.54, 1.807) is 0 Å². The molecule has 0 atom stereocenters. The third-order valence-corrected chi connectivity index (χ3v) is 3.63. The van der Waals surface area contributed by atoms with Crippen molar-refractivity contribution in [3.05, 3.63) is 5.28 Å². The van der Waals surface area contributed by atoms with Gasteiger partial charge >= 0.3 is 0 Å². The number of nitrogen functional groups attached to an aromatic ring is 2. The van der Waals surface area contributed by atoms with Gasteiger partial charge in [-0.15, -0.1) is 0 Å². The second-order valence-electron chi connectivity index (χ2n) is 5.29. The molecule has 2 rings (SSSR count). The normalized spacial score (nSPS) is 16.0. The number of hydrogen-bond acceptors (Lipinski definition) is 9. The number of hydrogen-bond donors (Lipinski definition) is 4. The molecule has 2 heterocycles. The Balaban J connectivity index is 0.000000253. The van der Waals surface area contributed by atoms with E-state index in [9.17, 15) is 0 Å². The molecule has 1 aromatic heterocycles. The lowest BCUT2D eigenvalue weighted by atomic mass is 10.2. The summed E-state index contributed by atoms with van der Waals surface area (Å²) in [5.74, 6) is 0.0694. The molecule has 10 heteroatoms. The monoisotopic (exact) mass is 345 g/mol. The van der Waals surface area contributed by atoms with E-state index in [0.717, 1.165) is 25.9 Å². The maximum atomic E-state index is 5.49. The van der Waals surface area contributed by atoms with E-state index in [2.05, 4.69) is 24.8 Å². The first-order valence-electron chi connectivity index (χ1n) is 7.82. The summed E-state index contributed by atoms with van der Waals surface area (Å²) in [5, 5.41) is 0.0139. The highest BCUT2D eigenvalue weighted by Crippen LogP contribution is 2.03. The average molecular weight is 346 g/mol. The molecule has 0 amide bonds. The van der Waals surface area contributed by atoms with E-state index in [4.69, 9.17) is 34.5 Å². The molecule has 1 aromatic rings. The van der Waals surface area contributed by atoms with Crippen molar-refractivity contribution in [1.29, 1.82) is 0 Å². The molecule has 1 saturated heterocycles. The van der Waals surface area contributed by atoms with Crippen molar-refractivity contribution in [2.75, 3.05) is 63.8 Å². The summed E-state index contributed by atoms with van der Waals surface area (Å²) in [7, 11) is 0. The predicted octanol–water partition coefficient (Wildman–Crippen LogP) is -1.01. The smallest absolute Gasteiger partial charge is 0.228 e. The van der Waals surface area contributed by atoms with Crippen molar-refractivity contribution < 1.29 is 0 Å². The van der Waals surface area contributed by atoms with Gasteiger partial charge in [0.1, 0.15) is 0 Å². The molecular weight excluding hydrogens is 318 g/mol. The molecule has 23 heavy (non-hydrogen) atoms. The molecule has 1 aliphatic heterocycles. The Labute approximate surface area is 142 Å². The van der Waals surface area contributed by atoms with Gasteiger partial charge in [-0.3, -0.25) is 0 Å². The van der Waals surface area contributed by atoms with Crippen LogP contribution < -0.4 is 22.9 Å². The summed E-state index contributed by atoms with van der Waals surface area (Å²) in [5.41, 5.74) is 21.2. The SMILES string of the molecule is NCCCN1CCN(CCCN)CC1.Nc1nc(N)nc(Cl)n1.